The van der Waals surface area contributed by atoms with Crippen LogP contribution in [0.5, 0.6) is 0 Å². The number of allylic oxidation sites excluding steroid dienone is 1. The second-order valence-corrected chi connectivity index (χ2v) is 7.01. The van der Waals surface area contributed by atoms with Gasteiger partial charge in [-0.1, -0.05) is 46.7 Å². The Morgan fingerprint density at radius 1 is 1.35 bits per heavy atom. The van der Waals surface area contributed by atoms with Crippen molar-refractivity contribution in [1.82, 2.24) is 4.57 Å². The van der Waals surface area contributed by atoms with Gasteiger partial charge >= 0.3 is 0 Å². The summed E-state index contributed by atoms with van der Waals surface area (Å²) in [7, 11) is 0. The summed E-state index contributed by atoms with van der Waals surface area (Å²) in [4.78, 5) is 27.3. The number of benzene rings is 2. The minimum absolute atomic E-state index is 0.130. The molecule has 0 radical (unpaired) electrons. The highest BCUT2D eigenvalue weighted by Gasteiger charge is 2.14. The third-order valence-electron chi connectivity index (χ3n) is 3.55. The minimum atomic E-state index is -0.583. The van der Waals surface area contributed by atoms with E-state index in [9.17, 15) is 14.9 Å². The first-order valence-electron chi connectivity index (χ1n) is 7.34. The van der Waals surface area contributed by atoms with Crippen LogP contribution in [-0.2, 0) is 6.54 Å². The fraction of sp³-hybridized carbons (Fsp3) is 0.0588. The van der Waals surface area contributed by atoms with Crippen molar-refractivity contribution in [2.75, 3.05) is 0 Å². The first kappa shape index (κ1) is 18.3. The van der Waals surface area contributed by atoms with E-state index >= 15 is 0 Å². The summed E-state index contributed by atoms with van der Waals surface area (Å²) < 4.78 is 2.54. The average molecular weight is 408 g/mol. The summed E-state index contributed by atoms with van der Waals surface area (Å²) in [5.74, 6) is -0.583. The number of thiazole rings is 1. The lowest BCUT2D eigenvalue weighted by molar-refractivity contribution is -0.384. The third kappa shape index (κ3) is 3.41. The van der Waals surface area contributed by atoms with E-state index < -0.39 is 10.8 Å². The van der Waals surface area contributed by atoms with Crippen LogP contribution in [0.1, 0.15) is 10.4 Å². The molecule has 3 aromatic rings. The number of rotatable bonds is 4. The maximum atomic E-state index is 12.5. The molecule has 0 aliphatic rings. The number of non-ortho nitro benzene ring substituents is 1. The van der Waals surface area contributed by atoms with E-state index in [4.69, 9.17) is 23.2 Å². The summed E-state index contributed by atoms with van der Waals surface area (Å²) in [6.07, 6.45) is 1.65. The highest BCUT2D eigenvalue weighted by atomic mass is 35.5. The van der Waals surface area contributed by atoms with Gasteiger partial charge < -0.3 is 4.57 Å². The van der Waals surface area contributed by atoms with E-state index in [0.717, 1.165) is 4.70 Å². The number of amides is 1. The van der Waals surface area contributed by atoms with Crippen molar-refractivity contribution in [2.24, 2.45) is 4.99 Å². The van der Waals surface area contributed by atoms with Crippen LogP contribution in [0.3, 0.4) is 0 Å². The number of carbonyl (C=O) groups excluding carboxylic acids is 1. The zero-order valence-corrected chi connectivity index (χ0v) is 15.5. The molecule has 9 heteroatoms. The molecule has 0 aliphatic heterocycles. The third-order valence-corrected chi connectivity index (χ3v) is 5.38. The Labute approximate surface area is 161 Å². The van der Waals surface area contributed by atoms with E-state index in [2.05, 4.69) is 11.6 Å². The topological polar surface area (TPSA) is 77.5 Å². The van der Waals surface area contributed by atoms with E-state index in [1.54, 1.807) is 22.8 Å². The number of nitrogens with zero attached hydrogens (tertiary/aromatic N) is 3. The largest absolute Gasteiger partial charge is 0.311 e. The summed E-state index contributed by atoms with van der Waals surface area (Å²) in [5.41, 5.74) is 0.622. The van der Waals surface area contributed by atoms with Crippen LogP contribution >= 0.6 is 34.5 Å². The second-order valence-electron chi connectivity index (χ2n) is 5.22. The molecule has 3 rings (SSSR count). The SMILES string of the molecule is C=CCn1c(=NC(=O)c2cccc([N+](=O)[O-])c2)sc2ccc(Cl)c(Cl)c21. The highest BCUT2D eigenvalue weighted by Crippen LogP contribution is 2.32. The summed E-state index contributed by atoms with van der Waals surface area (Å²) >= 11 is 13.7. The predicted octanol–water partition coefficient (Wildman–Crippen LogP) is 4.84. The number of carbonyl (C=O) groups is 1. The smallest absolute Gasteiger partial charge is 0.279 e. The Kier molecular flexibility index (Phi) is 5.22. The van der Waals surface area contributed by atoms with Gasteiger partial charge in [0.25, 0.3) is 11.6 Å². The van der Waals surface area contributed by atoms with E-state index in [1.165, 1.54) is 35.6 Å². The molecule has 1 heterocycles. The Morgan fingerprint density at radius 3 is 2.81 bits per heavy atom. The van der Waals surface area contributed by atoms with Gasteiger partial charge in [-0.2, -0.15) is 4.99 Å². The van der Waals surface area contributed by atoms with Gasteiger partial charge in [0.05, 0.1) is 25.2 Å². The lowest BCUT2D eigenvalue weighted by Gasteiger charge is -2.04. The second kappa shape index (κ2) is 7.41. The van der Waals surface area contributed by atoms with Crippen LogP contribution in [0.25, 0.3) is 10.2 Å². The van der Waals surface area contributed by atoms with Crippen molar-refractivity contribution >= 4 is 56.3 Å². The monoisotopic (exact) mass is 407 g/mol. The van der Waals surface area contributed by atoms with Crippen LogP contribution in [0, 0.1) is 10.1 Å². The van der Waals surface area contributed by atoms with Gasteiger partial charge in [-0.05, 0) is 18.2 Å². The molecule has 2 aromatic carbocycles. The number of hydrogen-bond donors (Lipinski definition) is 0. The zero-order valence-electron chi connectivity index (χ0n) is 13.2. The molecular formula is C17H11Cl2N3O3S. The highest BCUT2D eigenvalue weighted by molar-refractivity contribution is 7.16. The Bertz CT molecular complexity index is 1120. The molecule has 0 spiro atoms. The van der Waals surface area contributed by atoms with Crippen LogP contribution in [0.4, 0.5) is 5.69 Å². The summed E-state index contributed by atoms with van der Waals surface area (Å²) in [6.45, 7) is 4.09. The van der Waals surface area contributed by atoms with Gasteiger partial charge in [0.2, 0.25) is 0 Å². The summed E-state index contributed by atoms with van der Waals surface area (Å²) in [5, 5.41) is 11.6. The van der Waals surface area contributed by atoms with Gasteiger partial charge in [0.1, 0.15) is 0 Å². The molecule has 0 aliphatic carbocycles. The number of fused-ring (bicyclic) bond motifs is 1. The molecule has 1 aromatic heterocycles. The van der Waals surface area contributed by atoms with Crippen molar-refractivity contribution in [1.29, 1.82) is 0 Å². The van der Waals surface area contributed by atoms with E-state index in [1.807, 2.05) is 0 Å². The first-order chi connectivity index (χ1) is 12.4. The molecule has 0 saturated heterocycles. The van der Waals surface area contributed by atoms with Gasteiger partial charge in [0.15, 0.2) is 4.80 Å². The quantitative estimate of drug-likeness (QED) is 0.352. The van der Waals surface area contributed by atoms with Crippen LogP contribution in [0.15, 0.2) is 54.0 Å². The molecule has 0 fully saturated rings. The molecule has 0 N–H and O–H groups in total. The predicted molar refractivity (Wildman–Crippen MR) is 103 cm³/mol. The van der Waals surface area contributed by atoms with Crippen molar-refractivity contribution in [2.45, 2.75) is 6.54 Å². The molecule has 26 heavy (non-hydrogen) atoms. The number of hydrogen-bond acceptors (Lipinski definition) is 4. The minimum Gasteiger partial charge on any atom is -0.311 e. The van der Waals surface area contributed by atoms with Crippen LogP contribution in [-0.4, -0.2) is 15.4 Å². The van der Waals surface area contributed by atoms with E-state index in [0.29, 0.717) is 26.9 Å². The molecular weight excluding hydrogens is 397 g/mol. The van der Waals surface area contributed by atoms with Crippen LogP contribution < -0.4 is 4.80 Å². The zero-order chi connectivity index (χ0) is 18.8. The molecule has 0 unspecified atom stereocenters. The molecule has 132 valence electrons. The fourth-order valence-electron chi connectivity index (χ4n) is 2.39. The lowest BCUT2D eigenvalue weighted by atomic mass is 10.2. The van der Waals surface area contributed by atoms with Crippen molar-refractivity contribution in [3.05, 3.63) is 79.6 Å². The van der Waals surface area contributed by atoms with Crippen LogP contribution in [0.2, 0.25) is 10.0 Å². The van der Waals surface area contributed by atoms with E-state index in [-0.39, 0.29) is 11.3 Å². The van der Waals surface area contributed by atoms with Gasteiger partial charge in [-0.15, -0.1) is 6.58 Å². The first-order valence-corrected chi connectivity index (χ1v) is 8.91. The maximum Gasteiger partial charge on any atom is 0.279 e. The molecule has 0 saturated carbocycles. The normalized spacial score (nSPS) is 11.7. The molecule has 0 atom stereocenters. The summed E-state index contributed by atoms with van der Waals surface area (Å²) in [6, 6.07) is 8.91. The van der Waals surface area contributed by atoms with Gasteiger partial charge in [-0.25, -0.2) is 0 Å². The van der Waals surface area contributed by atoms with Gasteiger partial charge in [-0.3, -0.25) is 14.9 Å². The Morgan fingerprint density at radius 2 is 2.12 bits per heavy atom. The maximum absolute atomic E-state index is 12.5. The number of nitro benzene ring substituents is 1. The Balaban J connectivity index is 2.18. The lowest BCUT2D eigenvalue weighted by Crippen LogP contribution is -2.16. The van der Waals surface area contributed by atoms with Crippen molar-refractivity contribution in [3.8, 4) is 0 Å². The number of nitro groups is 1. The number of aromatic nitrogens is 1. The van der Waals surface area contributed by atoms with Crippen molar-refractivity contribution < 1.29 is 9.72 Å². The standard InChI is InChI=1S/C17H11Cl2N3O3S/c1-2-8-21-15-13(7-6-12(18)14(15)19)26-17(21)20-16(23)10-4-3-5-11(9-10)22(24)25/h2-7,9H,1,8H2. The van der Waals surface area contributed by atoms with Crippen molar-refractivity contribution in [3.63, 3.8) is 0 Å². The molecule has 0 bridgehead atoms. The molecule has 1 amide bonds. The molecule has 6 nitrogen and oxygen atoms in total. The average Bonchev–Trinajstić information content (AvgIpc) is 2.96. The van der Waals surface area contributed by atoms with Gasteiger partial charge in [0, 0.05) is 24.2 Å². The number of halogens is 2. The fourth-order valence-corrected chi connectivity index (χ4v) is 3.91. The Hall–Kier alpha value is -2.48.